The van der Waals surface area contributed by atoms with Crippen LogP contribution in [0.5, 0.6) is 5.75 Å². The zero-order valence-electron chi connectivity index (χ0n) is 21.1. The van der Waals surface area contributed by atoms with Crippen LogP contribution < -0.4 is 10.3 Å². The van der Waals surface area contributed by atoms with E-state index >= 15 is 0 Å². The molecule has 2 heterocycles. The van der Waals surface area contributed by atoms with Crippen LogP contribution in [0.15, 0.2) is 96.1 Å². The van der Waals surface area contributed by atoms with Gasteiger partial charge in [0.1, 0.15) is 5.75 Å². The minimum absolute atomic E-state index is 0.00111. The second-order valence-corrected chi connectivity index (χ2v) is 9.09. The minimum Gasteiger partial charge on any atom is -0.494 e. The van der Waals surface area contributed by atoms with Gasteiger partial charge in [0.25, 0.3) is 5.56 Å². The topological polar surface area (TPSA) is 47.4 Å². The summed E-state index contributed by atoms with van der Waals surface area (Å²) in [5.41, 5.74) is 3.43. The highest BCUT2D eigenvalue weighted by Crippen LogP contribution is 2.19. The molecule has 0 aliphatic carbocycles. The smallest absolute Gasteiger partial charge is 0.250 e. The molecule has 2 aromatic carbocycles. The fourth-order valence-electron chi connectivity index (χ4n) is 4.29. The molecule has 0 aliphatic heterocycles. The molecule has 36 heavy (non-hydrogen) atoms. The predicted octanol–water partition coefficient (Wildman–Crippen LogP) is 5.74. The molecule has 0 fully saturated rings. The predicted molar refractivity (Wildman–Crippen MR) is 148 cm³/mol. The molecule has 5 nitrogen and oxygen atoms in total. The SMILES string of the molecule is Cn1c(=O)ccc2cc(OCCCCCN(C/C=C/c3ccccc3)CCc3cccnc3)ccc21. The molecular formula is C31H35N3O2. The monoisotopic (exact) mass is 481 g/mol. The molecule has 0 aliphatic rings. The van der Waals surface area contributed by atoms with Gasteiger partial charge in [-0.15, -0.1) is 0 Å². The van der Waals surface area contributed by atoms with Gasteiger partial charge in [0.2, 0.25) is 0 Å². The number of benzene rings is 2. The van der Waals surface area contributed by atoms with E-state index in [-0.39, 0.29) is 5.56 Å². The molecule has 0 bridgehead atoms. The van der Waals surface area contributed by atoms with Crippen molar-refractivity contribution in [1.29, 1.82) is 0 Å². The van der Waals surface area contributed by atoms with Crippen LogP contribution in [-0.2, 0) is 13.5 Å². The van der Waals surface area contributed by atoms with Gasteiger partial charge < -0.3 is 9.30 Å². The van der Waals surface area contributed by atoms with E-state index in [0.29, 0.717) is 6.61 Å². The summed E-state index contributed by atoms with van der Waals surface area (Å²) in [7, 11) is 1.79. The van der Waals surface area contributed by atoms with Crippen molar-refractivity contribution < 1.29 is 4.74 Å². The van der Waals surface area contributed by atoms with E-state index in [1.54, 1.807) is 17.7 Å². The van der Waals surface area contributed by atoms with Gasteiger partial charge in [0.05, 0.1) is 12.1 Å². The number of hydrogen-bond donors (Lipinski definition) is 0. The lowest BCUT2D eigenvalue weighted by molar-refractivity contribution is 0.279. The number of aromatic nitrogens is 2. The lowest BCUT2D eigenvalue weighted by Gasteiger charge is -2.20. The maximum atomic E-state index is 11.8. The van der Waals surface area contributed by atoms with Crippen molar-refractivity contribution >= 4 is 17.0 Å². The van der Waals surface area contributed by atoms with Gasteiger partial charge in [0, 0.05) is 44.0 Å². The normalized spacial score (nSPS) is 11.5. The second-order valence-electron chi connectivity index (χ2n) is 9.09. The Bertz CT molecular complexity index is 1300. The van der Waals surface area contributed by atoms with Gasteiger partial charge in [-0.3, -0.25) is 14.7 Å². The van der Waals surface area contributed by atoms with Crippen LogP contribution >= 0.6 is 0 Å². The molecule has 4 rings (SSSR count). The highest BCUT2D eigenvalue weighted by molar-refractivity contribution is 5.80. The lowest BCUT2D eigenvalue weighted by atomic mass is 10.1. The number of aryl methyl sites for hydroxylation is 1. The zero-order chi connectivity index (χ0) is 25.0. The summed E-state index contributed by atoms with van der Waals surface area (Å²) >= 11 is 0. The number of pyridine rings is 2. The van der Waals surface area contributed by atoms with E-state index in [4.69, 9.17) is 4.74 Å². The van der Waals surface area contributed by atoms with Crippen LogP contribution in [0.3, 0.4) is 0 Å². The Morgan fingerprint density at radius 1 is 0.944 bits per heavy atom. The fourth-order valence-corrected chi connectivity index (χ4v) is 4.29. The van der Waals surface area contributed by atoms with Crippen molar-refractivity contribution in [3.05, 3.63) is 113 Å². The Morgan fingerprint density at radius 3 is 2.67 bits per heavy atom. The number of fused-ring (bicyclic) bond motifs is 1. The van der Waals surface area contributed by atoms with E-state index < -0.39 is 0 Å². The molecule has 0 amide bonds. The van der Waals surface area contributed by atoms with E-state index in [1.807, 2.05) is 48.8 Å². The number of ether oxygens (including phenoxy) is 1. The summed E-state index contributed by atoms with van der Waals surface area (Å²) in [6, 6.07) is 24.0. The summed E-state index contributed by atoms with van der Waals surface area (Å²) < 4.78 is 7.65. The number of unbranched alkanes of at least 4 members (excludes halogenated alkanes) is 2. The van der Waals surface area contributed by atoms with Gasteiger partial charge in [-0.1, -0.05) is 48.6 Å². The third-order valence-corrected chi connectivity index (χ3v) is 6.40. The van der Waals surface area contributed by atoms with E-state index in [9.17, 15) is 4.79 Å². The van der Waals surface area contributed by atoms with Crippen molar-refractivity contribution in [3.8, 4) is 5.75 Å². The Labute approximate surface area is 213 Å². The fraction of sp³-hybridized carbons (Fsp3) is 0.290. The molecule has 186 valence electrons. The van der Waals surface area contributed by atoms with Gasteiger partial charge in [-0.05, 0) is 73.7 Å². The van der Waals surface area contributed by atoms with Crippen molar-refractivity contribution in [2.75, 3.05) is 26.2 Å². The molecule has 0 atom stereocenters. The molecule has 0 radical (unpaired) electrons. The quantitative estimate of drug-likeness (QED) is 0.229. The molecule has 4 aromatic rings. The molecule has 0 unspecified atom stereocenters. The van der Waals surface area contributed by atoms with Gasteiger partial charge in [0.15, 0.2) is 0 Å². The average molecular weight is 482 g/mol. The number of rotatable bonds is 13. The Morgan fingerprint density at radius 2 is 1.83 bits per heavy atom. The van der Waals surface area contributed by atoms with Crippen molar-refractivity contribution in [2.45, 2.75) is 25.7 Å². The Balaban J connectivity index is 1.22. The largest absolute Gasteiger partial charge is 0.494 e. The molecule has 0 saturated carbocycles. The van der Waals surface area contributed by atoms with E-state index in [2.05, 4.69) is 52.4 Å². The number of hydrogen-bond acceptors (Lipinski definition) is 4. The van der Waals surface area contributed by atoms with Crippen molar-refractivity contribution in [1.82, 2.24) is 14.5 Å². The lowest BCUT2D eigenvalue weighted by Crippen LogP contribution is -2.27. The molecular weight excluding hydrogens is 446 g/mol. The first kappa shape index (κ1) is 25.4. The molecule has 0 N–H and O–H groups in total. The van der Waals surface area contributed by atoms with Crippen LogP contribution in [0.2, 0.25) is 0 Å². The highest BCUT2D eigenvalue weighted by Gasteiger charge is 2.05. The second kappa shape index (κ2) is 13.4. The summed E-state index contributed by atoms with van der Waals surface area (Å²) in [4.78, 5) is 18.6. The summed E-state index contributed by atoms with van der Waals surface area (Å²) in [5.74, 6) is 0.852. The maximum Gasteiger partial charge on any atom is 0.250 e. The standard InChI is InChI=1S/C31H35N3O2/c1-33-30-16-15-29(24-28(30)14-17-31(33)35)36-23-7-3-6-20-34(22-18-27-12-8-19-32-25-27)21-9-13-26-10-4-2-5-11-26/h2,4-5,8-17,19,24-25H,3,6-7,18,20-23H2,1H3/b13-9+. The van der Waals surface area contributed by atoms with Crippen molar-refractivity contribution in [2.24, 2.45) is 7.05 Å². The zero-order valence-corrected chi connectivity index (χ0v) is 21.1. The third-order valence-electron chi connectivity index (χ3n) is 6.40. The van der Waals surface area contributed by atoms with Crippen LogP contribution in [0, 0.1) is 0 Å². The summed E-state index contributed by atoms with van der Waals surface area (Å²) in [6.45, 7) is 3.70. The third kappa shape index (κ3) is 7.65. The first-order valence-corrected chi connectivity index (χ1v) is 12.7. The minimum atomic E-state index is 0.00111. The van der Waals surface area contributed by atoms with Crippen LogP contribution in [0.4, 0.5) is 0 Å². The molecule has 5 heteroatoms. The number of nitrogens with zero attached hydrogens (tertiary/aromatic N) is 3. The Hall–Kier alpha value is -3.70. The van der Waals surface area contributed by atoms with Crippen LogP contribution in [0.25, 0.3) is 17.0 Å². The van der Waals surface area contributed by atoms with Crippen molar-refractivity contribution in [3.63, 3.8) is 0 Å². The Kier molecular flexibility index (Phi) is 9.46. The first-order chi connectivity index (χ1) is 17.7. The molecule has 0 saturated heterocycles. The average Bonchev–Trinajstić information content (AvgIpc) is 2.92. The first-order valence-electron chi connectivity index (χ1n) is 12.7. The van der Waals surface area contributed by atoms with Crippen LogP contribution in [0.1, 0.15) is 30.4 Å². The van der Waals surface area contributed by atoms with Crippen LogP contribution in [-0.4, -0.2) is 40.7 Å². The highest BCUT2D eigenvalue weighted by atomic mass is 16.5. The van der Waals surface area contributed by atoms with Gasteiger partial charge >= 0.3 is 0 Å². The van der Waals surface area contributed by atoms with Gasteiger partial charge in [-0.25, -0.2) is 0 Å². The summed E-state index contributed by atoms with van der Waals surface area (Å²) in [6.07, 6.45) is 12.5. The summed E-state index contributed by atoms with van der Waals surface area (Å²) in [5, 5.41) is 1.02. The van der Waals surface area contributed by atoms with E-state index in [1.165, 1.54) is 11.1 Å². The molecule has 0 spiro atoms. The van der Waals surface area contributed by atoms with E-state index in [0.717, 1.165) is 62.0 Å². The molecule has 2 aromatic heterocycles. The van der Waals surface area contributed by atoms with Gasteiger partial charge in [-0.2, -0.15) is 0 Å². The maximum absolute atomic E-state index is 11.8.